The van der Waals surface area contributed by atoms with Crippen LogP contribution in [-0.4, -0.2) is 50.3 Å². The van der Waals surface area contributed by atoms with Crippen molar-refractivity contribution in [3.63, 3.8) is 0 Å². The van der Waals surface area contributed by atoms with Crippen LogP contribution in [0, 0.1) is 11.3 Å². The molecular weight excluding hydrogens is 248 g/mol. The number of ether oxygens (including phenoxy) is 1. The van der Waals surface area contributed by atoms with E-state index in [4.69, 9.17) is 4.74 Å². The Morgan fingerprint density at radius 1 is 1.15 bits per heavy atom. The zero-order chi connectivity index (χ0) is 15.0. The first kappa shape index (κ1) is 17.9. The first-order valence-electron chi connectivity index (χ1n) is 8.51. The van der Waals surface area contributed by atoms with Gasteiger partial charge in [0.25, 0.3) is 0 Å². The standard InChI is InChI=1S/C17H36N2O/c1-6-19(7-2)10-8-18-9-11-20-16-12-15(3)13-17(4,5)14-16/h15-16,18H,6-14H2,1-5H3. The first-order valence-corrected chi connectivity index (χ1v) is 8.51. The minimum absolute atomic E-state index is 0.457. The van der Waals surface area contributed by atoms with E-state index in [0.29, 0.717) is 11.5 Å². The van der Waals surface area contributed by atoms with Gasteiger partial charge in [0.1, 0.15) is 0 Å². The van der Waals surface area contributed by atoms with E-state index in [1.807, 2.05) is 0 Å². The molecule has 0 radical (unpaired) electrons. The molecule has 1 saturated carbocycles. The van der Waals surface area contributed by atoms with Gasteiger partial charge >= 0.3 is 0 Å². The summed E-state index contributed by atoms with van der Waals surface area (Å²) in [5, 5.41) is 3.49. The Morgan fingerprint density at radius 3 is 2.45 bits per heavy atom. The minimum atomic E-state index is 0.457. The summed E-state index contributed by atoms with van der Waals surface area (Å²) in [6.07, 6.45) is 4.27. The predicted molar refractivity (Wildman–Crippen MR) is 87.2 cm³/mol. The first-order chi connectivity index (χ1) is 9.46. The monoisotopic (exact) mass is 284 g/mol. The molecule has 0 aromatic heterocycles. The average Bonchev–Trinajstić information content (AvgIpc) is 2.35. The zero-order valence-corrected chi connectivity index (χ0v) is 14.4. The quantitative estimate of drug-likeness (QED) is 0.658. The third-order valence-electron chi connectivity index (χ3n) is 4.48. The second-order valence-corrected chi connectivity index (χ2v) is 7.18. The van der Waals surface area contributed by atoms with Gasteiger partial charge in [-0.05, 0) is 43.7 Å². The van der Waals surface area contributed by atoms with Gasteiger partial charge in [-0.1, -0.05) is 34.6 Å². The summed E-state index contributed by atoms with van der Waals surface area (Å²) in [5.74, 6) is 0.805. The summed E-state index contributed by atoms with van der Waals surface area (Å²) in [6.45, 7) is 17.9. The molecule has 1 fully saturated rings. The predicted octanol–water partition coefficient (Wildman–Crippen LogP) is 3.15. The molecule has 0 amide bonds. The van der Waals surface area contributed by atoms with Crippen molar-refractivity contribution in [2.75, 3.05) is 39.3 Å². The van der Waals surface area contributed by atoms with Gasteiger partial charge in [0.2, 0.25) is 0 Å². The van der Waals surface area contributed by atoms with Crippen molar-refractivity contribution in [1.29, 1.82) is 0 Å². The van der Waals surface area contributed by atoms with Crippen LogP contribution >= 0.6 is 0 Å². The fraction of sp³-hybridized carbons (Fsp3) is 1.00. The molecule has 120 valence electrons. The molecule has 3 heteroatoms. The molecular formula is C17H36N2O. The number of rotatable bonds is 9. The Kier molecular flexibility index (Phi) is 8.08. The maximum absolute atomic E-state index is 6.07. The molecule has 20 heavy (non-hydrogen) atoms. The van der Waals surface area contributed by atoms with Crippen molar-refractivity contribution in [1.82, 2.24) is 10.2 Å². The van der Waals surface area contributed by atoms with Gasteiger partial charge in [-0.25, -0.2) is 0 Å². The molecule has 3 nitrogen and oxygen atoms in total. The van der Waals surface area contributed by atoms with Crippen molar-refractivity contribution in [3.05, 3.63) is 0 Å². The van der Waals surface area contributed by atoms with E-state index in [2.05, 4.69) is 44.8 Å². The smallest absolute Gasteiger partial charge is 0.0594 e. The van der Waals surface area contributed by atoms with E-state index in [1.54, 1.807) is 0 Å². The highest BCUT2D eigenvalue weighted by atomic mass is 16.5. The lowest BCUT2D eigenvalue weighted by Crippen LogP contribution is -2.36. The Bertz CT molecular complexity index is 251. The van der Waals surface area contributed by atoms with Crippen molar-refractivity contribution in [2.45, 2.75) is 60.0 Å². The second-order valence-electron chi connectivity index (χ2n) is 7.18. The van der Waals surface area contributed by atoms with Crippen LogP contribution in [-0.2, 0) is 4.74 Å². The van der Waals surface area contributed by atoms with Crippen LogP contribution < -0.4 is 5.32 Å². The molecule has 1 rings (SSSR count). The third-order valence-corrected chi connectivity index (χ3v) is 4.48. The molecule has 1 aliphatic carbocycles. The normalized spacial score (nSPS) is 26.1. The molecule has 1 aliphatic rings. The Labute approximate surface area is 126 Å². The van der Waals surface area contributed by atoms with E-state index in [1.165, 1.54) is 19.3 Å². The molecule has 0 saturated heterocycles. The summed E-state index contributed by atoms with van der Waals surface area (Å²) < 4.78 is 6.07. The SMILES string of the molecule is CCN(CC)CCNCCOC1CC(C)CC(C)(C)C1. The molecule has 0 heterocycles. The van der Waals surface area contributed by atoms with Gasteiger partial charge < -0.3 is 15.0 Å². The van der Waals surface area contributed by atoms with Crippen molar-refractivity contribution >= 4 is 0 Å². The van der Waals surface area contributed by atoms with Gasteiger partial charge in [-0.15, -0.1) is 0 Å². The van der Waals surface area contributed by atoms with Crippen molar-refractivity contribution < 1.29 is 4.74 Å². The highest BCUT2D eigenvalue weighted by Gasteiger charge is 2.32. The molecule has 0 bridgehead atoms. The highest BCUT2D eigenvalue weighted by molar-refractivity contribution is 4.83. The number of nitrogens with one attached hydrogen (secondary N) is 1. The number of nitrogens with zero attached hydrogens (tertiary/aromatic N) is 1. The van der Waals surface area contributed by atoms with Crippen LogP contribution in [0.2, 0.25) is 0 Å². The van der Waals surface area contributed by atoms with Gasteiger partial charge in [0.05, 0.1) is 12.7 Å². The second kappa shape index (κ2) is 9.01. The maximum Gasteiger partial charge on any atom is 0.0594 e. The lowest BCUT2D eigenvalue weighted by Gasteiger charge is -2.38. The molecule has 0 spiro atoms. The van der Waals surface area contributed by atoms with Crippen LogP contribution in [0.4, 0.5) is 0 Å². The van der Waals surface area contributed by atoms with Gasteiger partial charge in [0, 0.05) is 19.6 Å². The Balaban J connectivity index is 2.06. The summed E-state index contributed by atoms with van der Waals surface area (Å²) in [4.78, 5) is 2.44. The molecule has 2 atom stereocenters. The molecule has 0 aromatic rings. The molecule has 1 N–H and O–H groups in total. The maximum atomic E-state index is 6.07. The van der Waals surface area contributed by atoms with Gasteiger partial charge in [-0.3, -0.25) is 0 Å². The van der Waals surface area contributed by atoms with Gasteiger partial charge in [0.15, 0.2) is 0 Å². The van der Waals surface area contributed by atoms with E-state index >= 15 is 0 Å². The Morgan fingerprint density at radius 2 is 1.85 bits per heavy atom. The summed E-state index contributed by atoms with van der Waals surface area (Å²) in [6, 6.07) is 0. The van der Waals surface area contributed by atoms with Crippen LogP contribution in [0.3, 0.4) is 0 Å². The fourth-order valence-corrected chi connectivity index (χ4v) is 3.59. The van der Waals surface area contributed by atoms with E-state index in [-0.39, 0.29) is 0 Å². The molecule has 0 aliphatic heterocycles. The zero-order valence-electron chi connectivity index (χ0n) is 14.4. The lowest BCUT2D eigenvalue weighted by atomic mass is 9.71. The van der Waals surface area contributed by atoms with E-state index in [0.717, 1.165) is 45.2 Å². The minimum Gasteiger partial charge on any atom is -0.377 e. The van der Waals surface area contributed by atoms with Gasteiger partial charge in [-0.2, -0.15) is 0 Å². The summed E-state index contributed by atoms with van der Waals surface area (Å²) >= 11 is 0. The topological polar surface area (TPSA) is 24.5 Å². The average molecular weight is 284 g/mol. The number of hydrogen-bond acceptors (Lipinski definition) is 3. The number of likely N-dealkylation sites (N-methyl/N-ethyl adjacent to an activating group) is 1. The van der Waals surface area contributed by atoms with Crippen LogP contribution in [0.25, 0.3) is 0 Å². The third kappa shape index (κ3) is 7.05. The Hall–Kier alpha value is -0.120. The fourth-order valence-electron chi connectivity index (χ4n) is 3.59. The summed E-state index contributed by atoms with van der Waals surface area (Å²) in [7, 11) is 0. The lowest BCUT2D eigenvalue weighted by molar-refractivity contribution is -0.0213. The van der Waals surface area contributed by atoms with Crippen molar-refractivity contribution in [2.24, 2.45) is 11.3 Å². The molecule has 2 unspecified atom stereocenters. The summed E-state index contributed by atoms with van der Waals surface area (Å²) in [5.41, 5.74) is 0.457. The van der Waals surface area contributed by atoms with E-state index in [9.17, 15) is 0 Å². The highest BCUT2D eigenvalue weighted by Crippen LogP contribution is 2.39. The number of hydrogen-bond donors (Lipinski definition) is 1. The van der Waals surface area contributed by atoms with Crippen LogP contribution in [0.1, 0.15) is 53.9 Å². The van der Waals surface area contributed by atoms with Crippen molar-refractivity contribution in [3.8, 4) is 0 Å². The van der Waals surface area contributed by atoms with E-state index < -0.39 is 0 Å². The van der Waals surface area contributed by atoms with Crippen LogP contribution in [0.5, 0.6) is 0 Å². The molecule has 0 aromatic carbocycles. The largest absolute Gasteiger partial charge is 0.377 e. The van der Waals surface area contributed by atoms with Crippen LogP contribution in [0.15, 0.2) is 0 Å².